The Kier molecular flexibility index (Phi) is 10.6. The Morgan fingerprint density at radius 1 is 0.911 bits per heavy atom. The number of carbonyl (C=O) groups is 5. The van der Waals surface area contributed by atoms with Crippen molar-refractivity contribution in [2.75, 3.05) is 32.8 Å². The molecule has 0 radical (unpaired) electrons. The van der Waals surface area contributed by atoms with E-state index in [2.05, 4.69) is 10.4 Å². The Balaban J connectivity index is 1.46. The first-order valence-corrected chi connectivity index (χ1v) is 14.6. The van der Waals surface area contributed by atoms with Gasteiger partial charge in [-0.05, 0) is 30.7 Å². The average molecular weight is 620 g/mol. The normalized spacial score (nSPS) is 13.9. The second-order valence-corrected chi connectivity index (χ2v) is 11.5. The number of amides is 3. The van der Waals surface area contributed by atoms with Gasteiger partial charge in [-0.15, -0.1) is 0 Å². The van der Waals surface area contributed by atoms with Crippen LogP contribution in [0.25, 0.3) is 5.69 Å². The number of piperazine rings is 1. The molecule has 1 fully saturated rings. The number of nitrogens with one attached hydrogen (secondary N) is 1. The quantitative estimate of drug-likeness (QED) is 0.329. The minimum Gasteiger partial charge on any atom is -0.481 e. The second kappa shape index (κ2) is 14.5. The van der Waals surface area contributed by atoms with Crippen LogP contribution in [-0.2, 0) is 14.4 Å². The lowest BCUT2D eigenvalue weighted by Crippen LogP contribution is -2.56. The molecule has 45 heavy (non-hydrogen) atoms. The minimum atomic E-state index is -1.16. The number of Topliss-reactive ketones (excluding diaryl/α,β-unsaturated/α-hetero) is 1. The van der Waals surface area contributed by atoms with Crippen molar-refractivity contribution in [1.82, 2.24) is 24.9 Å². The molecule has 13 nitrogen and oxygen atoms in total. The number of aliphatic carboxylic acids is 1. The topological polar surface area (TPSA) is 160 Å². The fraction of sp³-hybridized carbons (Fsp3) is 0.375. The summed E-state index contributed by atoms with van der Waals surface area (Å²) >= 11 is 0. The van der Waals surface area contributed by atoms with Gasteiger partial charge in [-0.25, -0.2) is 9.48 Å². The van der Waals surface area contributed by atoms with Crippen molar-refractivity contribution in [3.05, 3.63) is 72.4 Å². The monoisotopic (exact) mass is 619 g/mol. The number of carboxylic acids is 1. The second-order valence-electron chi connectivity index (χ2n) is 11.5. The van der Waals surface area contributed by atoms with Crippen LogP contribution in [-0.4, -0.2) is 93.2 Å². The van der Waals surface area contributed by atoms with Gasteiger partial charge in [0.1, 0.15) is 18.4 Å². The van der Waals surface area contributed by atoms with Gasteiger partial charge >= 0.3 is 12.1 Å². The van der Waals surface area contributed by atoms with E-state index in [-0.39, 0.29) is 63.0 Å². The molecule has 0 bridgehead atoms. The average Bonchev–Trinajstić information content (AvgIpc) is 3.46. The van der Waals surface area contributed by atoms with Crippen molar-refractivity contribution in [2.45, 2.75) is 39.7 Å². The summed E-state index contributed by atoms with van der Waals surface area (Å²) in [6, 6.07) is 17.7. The Hall–Kier alpha value is -5.20. The van der Waals surface area contributed by atoms with Crippen LogP contribution in [0, 0.1) is 5.41 Å². The van der Waals surface area contributed by atoms with Crippen molar-refractivity contribution in [2.24, 2.45) is 5.41 Å². The molecule has 2 aromatic carbocycles. The van der Waals surface area contributed by atoms with Gasteiger partial charge in [0, 0.05) is 44.1 Å². The fourth-order valence-electron chi connectivity index (χ4n) is 4.43. The molecule has 3 amide bonds. The van der Waals surface area contributed by atoms with Crippen molar-refractivity contribution >= 4 is 29.7 Å². The first-order valence-electron chi connectivity index (χ1n) is 14.6. The molecule has 238 valence electrons. The maximum atomic E-state index is 13.5. The van der Waals surface area contributed by atoms with Crippen LogP contribution in [0.4, 0.5) is 4.79 Å². The minimum absolute atomic E-state index is 0.0846. The number of ketones is 1. The summed E-state index contributed by atoms with van der Waals surface area (Å²) in [7, 11) is 0. The molecule has 13 heteroatoms. The fourth-order valence-corrected chi connectivity index (χ4v) is 4.43. The maximum absolute atomic E-state index is 13.5. The summed E-state index contributed by atoms with van der Waals surface area (Å²) in [5.74, 6) is -1.91. The summed E-state index contributed by atoms with van der Waals surface area (Å²) in [5.41, 5.74) is -0.140. The highest BCUT2D eigenvalue weighted by molar-refractivity contribution is 5.96. The summed E-state index contributed by atoms with van der Waals surface area (Å²) in [6.07, 6.45) is -1.05. The summed E-state index contributed by atoms with van der Waals surface area (Å²) in [5, 5.41) is 16.3. The van der Waals surface area contributed by atoms with E-state index in [4.69, 9.17) is 9.47 Å². The number of ether oxygens (including phenoxy) is 2. The van der Waals surface area contributed by atoms with Crippen LogP contribution in [0.1, 0.15) is 44.1 Å². The van der Waals surface area contributed by atoms with Gasteiger partial charge in [-0.3, -0.25) is 19.2 Å². The van der Waals surface area contributed by atoms with E-state index >= 15 is 0 Å². The SMILES string of the molecule is CC(C)(C)C(=O)COc1cc(C(=O)N[C@@H](CCC(=O)O)C(=O)N2CCN(C(=O)Oc3ccccc3)CC2)nn1-c1ccccc1. The van der Waals surface area contributed by atoms with Gasteiger partial charge < -0.3 is 29.7 Å². The van der Waals surface area contributed by atoms with E-state index < -0.39 is 35.3 Å². The molecule has 1 aromatic heterocycles. The molecule has 0 saturated carbocycles. The van der Waals surface area contributed by atoms with Crippen molar-refractivity contribution in [3.8, 4) is 17.3 Å². The number of rotatable bonds is 11. The predicted molar refractivity (Wildman–Crippen MR) is 162 cm³/mol. The van der Waals surface area contributed by atoms with Gasteiger partial charge in [-0.2, -0.15) is 5.10 Å². The Labute approximate surface area is 260 Å². The zero-order valence-corrected chi connectivity index (χ0v) is 25.5. The number of carbonyl (C=O) groups excluding carboxylic acids is 4. The zero-order chi connectivity index (χ0) is 32.6. The molecule has 1 atom stereocenters. The number of hydrogen-bond donors (Lipinski definition) is 2. The van der Waals surface area contributed by atoms with E-state index in [0.29, 0.717) is 11.4 Å². The van der Waals surface area contributed by atoms with Crippen LogP contribution in [0.3, 0.4) is 0 Å². The van der Waals surface area contributed by atoms with E-state index in [9.17, 15) is 29.1 Å². The molecule has 4 rings (SSSR count). The lowest BCUT2D eigenvalue weighted by Gasteiger charge is -2.35. The Bertz CT molecular complexity index is 1510. The molecular weight excluding hydrogens is 582 g/mol. The van der Waals surface area contributed by atoms with E-state index in [1.807, 2.05) is 6.07 Å². The van der Waals surface area contributed by atoms with Crippen LogP contribution >= 0.6 is 0 Å². The molecule has 1 saturated heterocycles. The Morgan fingerprint density at radius 2 is 1.51 bits per heavy atom. The third-order valence-electron chi connectivity index (χ3n) is 7.15. The molecule has 2 heterocycles. The van der Waals surface area contributed by atoms with Crippen LogP contribution < -0.4 is 14.8 Å². The molecule has 0 spiro atoms. The van der Waals surface area contributed by atoms with Crippen LogP contribution in [0.5, 0.6) is 11.6 Å². The molecule has 1 aliphatic heterocycles. The van der Waals surface area contributed by atoms with Gasteiger partial charge in [0.2, 0.25) is 11.8 Å². The first-order chi connectivity index (χ1) is 21.4. The number of benzene rings is 2. The highest BCUT2D eigenvalue weighted by Gasteiger charge is 2.32. The van der Waals surface area contributed by atoms with Gasteiger partial charge in [0.05, 0.1) is 5.69 Å². The lowest BCUT2D eigenvalue weighted by atomic mass is 9.91. The zero-order valence-electron chi connectivity index (χ0n) is 25.5. The van der Waals surface area contributed by atoms with Crippen LogP contribution in [0.15, 0.2) is 66.7 Å². The highest BCUT2D eigenvalue weighted by Crippen LogP contribution is 2.22. The smallest absolute Gasteiger partial charge is 0.415 e. The van der Waals surface area contributed by atoms with E-state index in [1.165, 1.54) is 20.5 Å². The van der Waals surface area contributed by atoms with Crippen LogP contribution in [0.2, 0.25) is 0 Å². The predicted octanol–water partition coefficient (Wildman–Crippen LogP) is 3.17. The molecule has 0 aliphatic carbocycles. The largest absolute Gasteiger partial charge is 0.481 e. The maximum Gasteiger partial charge on any atom is 0.415 e. The number of nitrogens with zero attached hydrogens (tertiary/aromatic N) is 4. The van der Waals surface area contributed by atoms with Crippen molar-refractivity contribution < 1.29 is 38.6 Å². The molecular formula is C32H37N5O8. The lowest BCUT2D eigenvalue weighted by molar-refractivity contribution is -0.138. The van der Waals surface area contributed by atoms with Gasteiger partial charge in [0.15, 0.2) is 11.5 Å². The Morgan fingerprint density at radius 3 is 2.11 bits per heavy atom. The molecule has 3 aromatic rings. The number of para-hydroxylation sites is 2. The molecule has 0 unspecified atom stereocenters. The molecule has 2 N–H and O–H groups in total. The summed E-state index contributed by atoms with van der Waals surface area (Å²) in [6.45, 7) is 5.82. The third-order valence-corrected chi connectivity index (χ3v) is 7.15. The summed E-state index contributed by atoms with van der Waals surface area (Å²) in [4.78, 5) is 66.3. The summed E-state index contributed by atoms with van der Waals surface area (Å²) < 4.78 is 12.5. The van der Waals surface area contributed by atoms with Crippen molar-refractivity contribution in [3.63, 3.8) is 0 Å². The number of aromatic nitrogens is 2. The molecule has 1 aliphatic rings. The van der Waals surface area contributed by atoms with Gasteiger partial charge in [-0.1, -0.05) is 57.2 Å². The van der Waals surface area contributed by atoms with E-state index in [1.54, 1.807) is 75.4 Å². The third kappa shape index (κ3) is 8.91. The highest BCUT2D eigenvalue weighted by atomic mass is 16.6. The van der Waals surface area contributed by atoms with Gasteiger partial charge in [0.25, 0.3) is 5.91 Å². The van der Waals surface area contributed by atoms with E-state index in [0.717, 1.165) is 0 Å². The van der Waals surface area contributed by atoms with Crippen molar-refractivity contribution in [1.29, 1.82) is 0 Å². The first kappa shape index (κ1) is 32.7. The number of hydrogen-bond acceptors (Lipinski definition) is 8. The number of carboxylic acid groups (broad SMARTS) is 1. The standard InChI is InChI=1S/C32H37N5O8/c1-32(2,3)26(38)21-44-27-20-25(34-37(27)22-10-6-4-7-11-22)29(41)33-24(14-15-28(39)40)30(42)35-16-18-36(19-17-35)31(43)45-23-12-8-5-9-13-23/h4-13,20,24H,14-19,21H2,1-3H3,(H,33,41)(H,39,40)/t24-/m0/s1.